The Morgan fingerprint density at radius 1 is 1.19 bits per heavy atom. The number of nitrogens with zero attached hydrogens (tertiary/aromatic N) is 6. The van der Waals surface area contributed by atoms with Gasteiger partial charge in [-0.15, -0.1) is 11.3 Å². The molecule has 9 heteroatoms. The van der Waals surface area contributed by atoms with Gasteiger partial charge in [0.05, 0.1) is 31.0 Å². The number of thiophene rings is 1. The highest BCUT2D eigenvalue weighted by Gasteiger charge is 2.20. The lowest BCUT2D eigenvalue weighted by atomic mass is 10.2. The van der Waals surface area contributed by atoms with Gasteiger partial charge in [-0.05, 0) is 18.6 Å². The van der Waals surface area contributed by atoms with E-state index in [1.165, 1.54) is 5.56 Å². The zero-order valence-electron chi connectivity index (χ0n) is 17.4. The zero-order valence-corrected chi connectivity index (χ0v) is 18.3. The van der Waals surface area contributed by atoms with Gasteiger partial charge < -0.3 is 9.64 Å². The van der Waals surface area contributed by atoms with Crippen molar-refractivity contribution in [2.24, 2.45) is 12.1 Å². The molecular weight excluding hydrogens is 410 g/mol. The molecule has 31 heavy (non-hydrogen) atoms. The summed E-state index contributed by atoms with van der Waals surface area (Å²) >= 11 is 1.63. The van der Waals surface area contributed by atoms with E-state index >= 15 is 0 Å². The van der Waals surface area contributed by atoms with Crippen molar-refractivity contribution < 1.29 is 4.74 Å². The van der Waals surface area contributed by atoms with Crippen molar-refractivity contribution in [2.75, 3.05) is 36.6 Å². The smallest absolute Gasteiger partial charge is 0.246 e. The second-order valence-corrected chi connectivity index (χ2v) is 8.52. The first-order valence-corrected chi connectivity index (χ1v) is 11.0. The molecule has 1 saturated heterocycles. The van der Waals surface area contributed by atoms with Crippen molar-refractivity contribution in [3.63, 3.8) is 0 Å². The quantitative estimate of drug-likeness (QED) is 0.382. The van der Waals surface area contributed by atoms with E-state index < -0.39 is 0 Å². The van der Waals surface area contributed by atoms with Gasteiger partial charge in [-0.1, -0.05) is 29.8 Å². The number of aryl methyl sites for hydroxylation is 2. The molecule has 4 heterocycles. The van der Waals surface area contributed by atoms with E-state index in [2.05, 4.69) is 45.6 Å². The van der Waals surface area contributed by atoms with Crippen molar-refractivity contribution in [3.8, 4) is 10.4 Å². The lowest BCUT2D eigenvalue weighted by molar-refractivity contribution is 0.122. The minimum atomic E-state index is 0.484. The first-order valence-electron chi connectivity index (χ1n) is 10.1. The molecule has 5 rings (SSSR count). The molecule has 0 aliphatic carbocycles. The highest BCUT2D eigenvalue weighted by molar-refractivity contribution is 7.21. The Balaban J connectivity index is 1.50. The van der Waals surface area contributed by atoms with Crippen LogP contribution in [0.2, 0.25) is 0 Å². The van der Waals surface area contributed by atoms with E-state index in [1.807, 2.05) is 31.6 Å². The number of morpholine rings is 1. The lowest BCUT2D eigenvalue weighted by Crippen LogP contribution is -2.37. The van der Waals surface area contributed by atoms with Crippen molar-refractivity contribution >= 4 is 39.5 Å². The van der Waals surface area contributed by atoms with Gasteiger partial charge in [-0.2, -0.15) is 15.2 Å². The van der Waals surface area contributed by atoms with E-state index in [4.69, 9.17) is 14.7 Å². The van der Waals surface area contributed by atoms with E-state index in [0.717, 1.165) is 45.1 Å². The van der Waals surface area contributed by atoms with Gasteiger partial charge in [-0.25, -0.2) is 10.4 Å². The maximum absolute atomic E-state index is 5.53. The van der Waals surface area contributed by atoms with Crippen LogP contribution in [0.4, 0.5) is 11.8 Å². The molecule has 0 radical (unpaired) electrons. The maximum atomic E-state index is 5.53. The molecule has 0 unspecified atom stereocenters. The minimum absolute atomic E-state index is 0.484. The summed E-state index contributed by atoms with van der Waals surface area (Å²) in [4.78, 5) is 13.8. The van der Waals surface area contributed by atoms with Crippen LogP contribution in [0.1, 0.15) is 11.1 Å². The monoisotopic (exact) mass is 433 g/mol. The summed E-state index contributed by atoms with van der Waals surface area (Å²) in [6.45, 7) is 5.05. The first kappa shape index (κ1) is 19.7. The van der Waals surface area contributed by atoms with Crippen LogP contribution in [-0.2, 0) is 11.8 Å². The molecule has 8 nitrogen and oxygen atoms in total. The van der Waals surface area contributed by atoms with Crippen LogP contribution in [0, 0.1) is 6.92 Å². The van der Waals surface area contributed by atoms with Gasteiger partial charge in [0.2, 0.25) is 5.95 Å². The van der Waals surface area contributed by atoms with Crippen molar-refractivity contribution in [1.29, 1.82) is 0 Å². The number of hydrogen-bond donors (Lipinski definition) is 1. The number of rotatable bonds is 5. The van der Waals surface area contributed by atoms with Crippen molar-refractivity contribution in [1.82, 2.24) is 19.7 Å². The Morgan fingerprint density at radius 3 is 2.84 bits per heavy atom. The molecule has 1 aliphatic heterocycles. The topological polar surface area (TPSA) is 80.5 Å². The number of benzene rings is 1. The summed E-state index contributed by atoms with van der Waals surface area (Å²) < 4.78 is 7.34. The fourth-order valence-electron chi connectivity index (χ4n) is 3.58. The number of fused-ring (bicyclic) bond motifs is 1. The second kappa shape index (κ2) is 8.44. The third-order valence-corrected chi connectivity index (χ3v) is 6.17. The Kier molecular flexibility index (Phi) is 5.35. The highest BCUT2D eigenvalue weighted by atomic mass is 32.1. The molecular formula is C22H23N7OS. The minimum Gasteiger partial charge on any atom is -0.378 e. The highest BCUT2D eigenvalue weighted by Crippen LogP contribution is 2.37. The number of hydrazone groups is 1. The Bertz CT molecular complexity index is 1240. The van der Waals surface area contributed by atoms with Crippen LogP contribution in [0.3, 0.4) is 0 Å². The van der Waals surface area contributed by atoms with Crippen LogP contribution >= 0.6 is 11.3 Å². The van der Waals surface area contributed by atoms with Crippen molar-refractivity contribution in [3.05, 3.63) is 53.9 Å². The second-order valence-electron chi connectivity index (χ2n) is 7.49. The zero-order chi connectivity index (χ0) is 21.2. The van der Waals surface area contributed by atoms with E-state index in [9.17, 15) is 0 Å². The standard InChI is InChI=1S/C22H23N7OS/c1-15-4-3-5-16(10-15)12-23-27-22-25-20(29-6-8-30-9-7-29)18-11-19(31-21(18)26-22)17-13-24-28(2)14-17/h3-5,10-14H,6-9H2,1-2H3,(H,25,26,27)/b23-12+. The van der Waals surface area contributed by atoms with Gasteiger partial charge >= 0.3 is 0 Å². The lowest BCUT2D eigenvalue weighted by Gasteiger charge is -2.28. The molecule has 0 amide bonds. The van der Waals surface area contributed by atoms with E-state index in [1.54, 1.807) is 22.2 Å². The molecule has 158 valence electrons. The predicted molar refractivity (Wildman–Crippen MR) is 125 cm³/mol. The fourth-order valence-corrected chi connectivity index (χ4v) is 4.58. The number of anilines is 2. The first-order chi connectivity index (χ1) is 15.2. The van der Waals surface area contributed by atoms with Gasteiger partial charge in [0.25, 0.3) is 0 Å². The third-order valence-electron chi connectivity index (χ3n) is 5.09. The SMILES string of the molecule is Cc1cccc(/C=N/Nc2nc(N3CCOCC3)c3cc(-c4cnn(C)c4)sc3n2)c1. The van der Waals surface area contributed by atoms with Gasteiger partial charge in [0.1, 0.15) is 10.6 Å². The molecule has 1 aromatic carbocycles. The fraction of sp³-hybridized carbons (Fsp3) is 0.273. The van der Waals surface area contributed by atoms with Crippen LogP contribution < -0.4 is 10.3 Å². The summed E-state index contributed by atoms with van der Waals surface area (Å²) in [6, 6.07) is 10.3. The summed E-state index contributed by atoms with van der Waals surface area (Å²) in [5, 5.41) is 9.70. The van der Waals surface area contributed by atoms with E-state index in [-0.39, 0.29) is 0 Å². The molecule has 1 fully saturated rings. The average molecular weight is 434 g/mol. The molecule has 1 N–H and O–H groups in total. The number of nitrogens with one attached hydrogen (secondary N) is 1. The number of aromatic nitrogens is 4. The van der Waals surface area contributed by atoms with Crippen LogP contribution in [0.25, 0.3) is 20.7 Å². The number of hydrogen-bond acceptors (Lipinski definition) is 8. The van der Waals surface area contributed by atoms with Gasteiger partial charge in [-0.3, -0.25) is 4.68 Å². The van der Waals surface area contributed by atoms with Crippen LogP contribution in [0.5, 0.6) is 0 Å². The molecule has 3 aromatic heterocycles. The van der Waals surface area contributed by atoms with Gasteiger partial charge in [0, 0.05) is 36.8 Å². The largest absolute Gasteiger partial charge is 0.378 e. The normalized spacial score (nSPS) is 14.6. The van der Waals surface area contributed by atoms with Crippen LogP contribution in [0.15, 0.2) is 47.8 Å². The summed E-state index contributed by atoms with van der Waals surface area (Å²) in [5.74, 6) is 1.39. The molecule has 1 aliphatic rings. The number of ether oxygens (including phenoxy) is 1. The Hall–Kier alpha value is -3.30. The Labute approximate surface area is 184 Å². The summed E-state index contributed by atoms with van der Waals surface area (Å²) in [6.07, 6.45) is 5.67. The molecule has 4 aromatic rings. The summed E-state index contributed by atoms with van der Waals surface area (Å²) in [7, 11) is 1.92. The van der Waals surface area contributed by atoms with Gasteiger partial charge in [0.15, 0.2) is 0 Å². The third kappa shape index (κ3) is 4.28. The molecule has 0 atom stereocenters. The molecule has 0 spiro atoms. The average Bonchev–Trinajstić information content (AvgIpc) is 3.40. The summed E-state index contributed by atoms with van der Waals surface area (Å²) in [5.41, 5.74) is 6.31. The van der Waals surface area contributed by atoms with Crippen LogP contribution in [-0.4, -0.2) is 52.3 Å². The van der Waals surface area contributed by atoms with Crippen molar-refractivity contribution in [2.45, 2.75) is 6.92 Å². The van der Waals surface area contributed by atoms with E-state index in [0.29, 0.717) is 19.2 Å². The molecule has 0 bridgehead atoms. The maximum Gasteiger partial charge on any atom is 0.246 e. The Morgan fingerprint density at radius 2 is 2.06 bits per heavy atom. The molecule has 0 saturated carbocycles. The predicted octanol–water partition coefficient (Wildman–Crippen LogP) is 3.68.